The van der Waals surface area contributed by atoms with Gasteiger partial charge in [-0.05, 0) is 15.9 Å². The first-order chi connectivity index (χ1) is 6.99. The van der Waals surface area contributed by atoms with Crippen LogP contribution in [0.25, 0.3) is 0 Å². The summed E-state index contributed by atoms with van der Waals surface area (Å²) in [4.78, 5) is 13.4. The minimum atomic E-state index is -2.93. The molecule has 0 aliphatic carbocycles. The van der Waals surface area contributed by atoms with Gasteiger partial charge in [0.1, 0.15) is 10.0 Å². The van der Waals surface area contributed by atoms with Crippen molar-refractivity contribution in [2.75, 3.05) is 0 Å². The van der Waals surface area contributed by atoms with Crippen LogP contribution in [-0.4, -0.2) is 9.91 Å². The first kappa shape index (κ1) is 12.4. The minimum absolute atomic E-state index is 0.0279. The Morgan fingerprint density at radius 1 is 1.60 bits per heavy atom. The van der Waals surface area contributed by atoms with E-state index in [0.29, 0.717) is 0 Å². The summed E-state index contributed by atoms with van der Waals surface area (Å²) in [5.74, 6) is 0. The van der Waals surface area contributed by atoms with Crippen molar-refractivity contribution in [3.05, 3.63) is 32.0 Å². The lowest BCUT2D eigenvalue weighted by molar-refractivity contribution is -0.387. The van der Waals surface area contributed by atoms with Crippen molar-refractivity contribution in [2.45, 2.75) is 11.8 Å². The molecule has 82 valence electrons. The van der Waals surface area contributed by atoms with Gasteiger partial charge < -0.3 is 0 Å². The third kappa shape index (κ3) is 2.49. The van der Waals surface area contributed by atoms with Gasteiger partial charge in [0.25, 0.3) is 12.1 Å². The lowest BCUT2D eigenvalue weighted by Gasteiger charge is -2.07. The standard InChI is InChI=1S/C7H4Br2F2N2O2/c8-1-4-5(7(10)11)6(13(14)15)3(9)2-12-4/h2,7H,1H2. The number of pyridine rings is 1. The Labute approximate surface area is 100 Å². The highest BCUT2D eigenvalue weighted by Crippen LogP contribution is 2.36. The molecule has 0 unspecified atom stereocenters. The fourth-order valence-corrected chi connectivity index (χ4v) is 1.96. The zero-order chi connectivity index (χ0) is 11.6. The number of halogens is 4. The van der Waals surface area contributed by atoms with E-state index in [2.05, 4.69) is 36.8 Å². The zero-order valence-electron chi connectivity index (χ0n) is 7.08. The van der Waals surface area contributed by atoms with Crippen LogP contribution in [0.1, 0.15) is 17.7 Å². The van der Waals surface area contributed by atoms with Crippen molar-refractivity contribution in [1.82, 2.24) is 4.98 Å². The average molecular weight is 346 g/mol. The van der Waals surface area contributed by atoms with E-state index in [4.69, 9.17) is 0 Å². The molecule has 0 aromatic carbocycles. The van der Waals surface area contributed by atoms with Crippen LogP contribution in [0.3, 0.4) is 0 Å². The number of hydrogen-bond donors (Lipinski definition) is 0. The fourth-order valence-electron chi connectivity index (χ4n) is 1.05. The Hall–Kier alpha value is -0.630. The van der Waals surface area contributed by atoms with E-state index in [1.807, 2.05) is 0 Å². The second-order valence-electron chi connectivity index (χ2n) is 2.51. The Morgan fingerprint density at radius 3 is 2.60 bits per heavy atom. The van der Waals surface area contributed by atoms with Crippen LogP contribution in [-0.2, 0) is 5.33 Å². The van der Waals surface area contributed by atoms with Gasteiger partial charge in [0.15, 0.2) is 0 Å². The Balaban J connectivity index is 3.51. The largest absolute Gasteiger partial charge is 0.295 e. The lowest BCUT2D eigenvalue weighted by atomic mass is 10.2. The van der Waals surface area contributed by atoms with Crippen molar-refractivity contribution in [1.29, 1.82) is 0 Å². The summed E-state index contributed by atoms with van der Waals surface area (Å²) >= 11 is 5.78. The van der Waals surface area contributed by atoms with Crippen molar-refractivity contribution in [2.24, 2.45) is 0 Å². The molecule has 8 heteroatoms. The third-order valence-corrected chi connectivity index (χ3v) is 2.76. The number of hydrogen-bond acceptors (Lipinski definition) is 3. The van der Waals surface area contributed by atoms with Gasteiger partial charge in [-0.1, -0.05) is 15.9 Å². The molecular formula is C7H4Br2F2N2O2. The van der Waals surface area contributed by atoms with Crippen molar-refractivity contribution >= 4 is 37.5 Å². The molecule has 0 aliphatic rings. The summed E-state index contributed by atoms with van der Waals surface area (Å²) in [6, 6.07) is 0. The summed E-state index contributed by atoms with van der Waals surface area (Å²) in [5.41, 5.74) is -1.30. The SMILES string of the molecule is O=[N+]([O-])c1c(Br)cnc(CBr)c1C(F)F. The molecule has 0 amide bonds. The maximum absolute atomic E-state index is 12.6. The van der Waals surface area contributed by atoms with Crippen LogP contribution in [0.2, 0.25) is 0 Å². The molecule has 1 aromatic heterocycles. The Bertz CT molecular complexity index is 401. The summed E-state index contributed by atoms with van der Waals surface area (Å²) in [7, 11) is 0. The Morgan fingerprint density at radius 2 is 2.20 bits per heavy atom. The first-order valence-electron chi connectivity index (χ1n) is 3.64. The molecule has 0 spiro atoms. The Kier molecular flexibility index (Phi) is 4.09. The highest BCUT2D eigenvalue weighted by molar-refractivity contribution is 9.10. The molecule has 0 N–H and O–H groups in total. The summed E-state index contributed by atoms with van der Waals surface area (Å²) in [5, 5.41) is 10.7. The van der Waals surface area contributed by atoms with Crippen molar-refractivity contribution in [3.63, 3.8) is 0 Å². The molecular weight excluding hydrogens is 342 g/mol. The topological polar surface area (TPSA) is 56.0 Å². The van der Waals surface area contributed by atoms with Crippen LogP contribution >= 0.6 is 31.9 Å². The maximum Gasteiger partial charge on any atom is 0.295 e. The van der Waals surface area contributed by atoms with Crippen molar-refractivity contribution in [3.8, 4) is 0 Å². The molecule has 4 nitrogen and oxygen atoms in total. The van der Waals surface area contributed by atoms with Crippen LogP contribution in [0.15, 0.2) is 10.7 Å². The number of aromatic nitrogens is 1. The molecule has 0 saturated heterocycles. The quantitative estimate of drug-likeness (QED) is 0.478. The lowest BCUT2D eigenvalue weighted by Crippen LogP contribution is -2.03. The predicted molar refractivity (Wildman–Crippen MR) is 56.2 cm³/mol. The third-order valence-electron chi connectivity index (χ3n) is 1.65. The first-order valence-corrected chi connectivity index (χ1v) is 5.56. The van der Waals surface area contributed by atoms with E-state index in [9.17, 15) is 18.9 Å². The maximum atomic E-state index is 12.6. The number of nitro groups is 1. The van der Waals surface area contributed by atoms with Gasteiger partial charge in [-0.15, -0.1) is 0 Å². The minimum Gasteiger partial charge on any atom is -0.258 e. The van der Waals surface area contributed by atoms with E-state index in [-0.39, 0.29) is 15.5 Å². The van der Waals surface area contributed by atoms with Crippen LogP contribution < -0.4 is 0 Å². The smallest absolute Gasteiger partial charge is 0.258 e. The molecule has 0 fully saturated rings. The number of rotatable bonds is 3. The van der Waals surface area contributed by atoms with Gasteiger partial charge in [-0.25, -0.2) is 8.78 Å². The van der Waals surface area contributed by atoms with E-state index < -0.39 is 22.6 Å². The summed E-state index contributed by atoms with van der Waals surface area (Å²) < 4.78 is 25.2. The van der Waals surface area contributed by atoms with Gasteiger partial charge in [-0.2, -0.15) is 0 Å². The van der Waals surface area contributed by atoms with Crippen molar-refractivity contribution < 1.29 is 13.7 Å². The van der Waals surface area contributed by atoms with Crippen LogP contribution in [0.5, 0.6) is 0 Å². The van der Waals surface area contributed by atoms with Crippen LogP contribution in [0, 0.1) is 10.1 Å². The molecule has 0 radical (unpaired) electrons. The van der Waals surface area contributed by atoms with E-state index >= 15 is 0 Å². The number of nitrogens with zero attached hydrogens (tertiary/aromatic N) is 2. The van der Waals surface area contributed by atoms with E-state index in [0.717, 1.165) is 6.20 Å². The molecule has 0 atom stereocenters. The molecule has 0 saturated carbocycles. The number of alkyl halides is 3. The monoisotopic (exact) mass is 344 g/mol. The normalized spacial score (nSPS) is 10.7. The van der Waals surface area contributed by atoms with Crippen LogP contribution in [0.4, 0.5) is 14.5 Å². The second-order valence-corrected chi connectivity index (χ2v) is 3.92. The molecule has 0 bridgehead atoms. The molecule has 1 aromatic rings. The summed E-state index contributed by atoms with van der Waals surface area (Å²) in [6.07, 6.45) is -1.79. The van der Waals surface area contributed by atoms with Gasteiger partial charge in [0.05, 0.1) is 10.6 Å². The van der Waals surface area contributed by atoms with Gasteiger partial charge in [-0.3, -0.25) is 15.1 Å². The predicted octanol–water partition coefficient (Wildman–Crippen LogP) is 3.58. The molecule has 0 aliphatic heterocycles. The summed E-state index contributed by atoms with van der Waals surface area (Å²) in [6.45, 7) is 0. The van der Waals surface area contributed by atoms with Gasteiger partial charge in [0, 0.05) is 11.5 Å². The molecule has 1 heterocycles. The van der Waals surface area contributed by atoms with Gasteiger partial charge in [0.2, 0.25) is 0 Å². The van der Waals surface area contributed by atoms with Gasteiger partial charge >= 0.3 is 0 Å². The average Bonchev–Trinajstić information content (AvgIpc) is 2.16. The van der Waals surface area contributed by atoms with E-state index in [1.165, 1.54) is 0 Å². The molecule has 15 heavy (non-hydrogen) atoms. The zero-order valence-corrected chi connectivity index (χ0v) is 10.3. The highest BCUT2D eigenvalue weighted by atomic mass is 79.9. The second kappa shape index (κ2) is 4.93. The molecule has 1 rings (SSSR count). The fraction of sp³-hybridized carbons (Fsp3) is 0.286. The highest BCUT2D eigenvalue weighted by Gasteiger charge is 2.28. The van der Waals surface area contributed by atoms with E-state index in [1.54, 1.807) is 0 Å².